The summed E-state index contributed by atoms with van der Waals surface area (Å²) >= 11 is 0. The highest BCUT2D eigenvalue weighted by molar-refractivity contribution is 5.77. The first-order valence-corrected chi connectivity index (χ1v) is 13.1. The van der Waals surface area contributed by atoms with E-state index in [1.54, 1.807) is 0 Å². The molecule has 0 saturated heterocycles. The summed E-state index contributed by atoms with van der Waals surface area (Å²) in [6, 6.07) is 0.254. The van der Waals surface area contributed by atoms with E-state index >= 15 is 0 Å². The molecule has 4 N–H and O–H groups in total. The van der Waals surface area contributed by atoms with E-state index in [0.717, 1.165) is 25.7 Å². The number of hydrogen-bond acceptors (Lipinski definition) is 7. The third kappa shape index (κ3) is 19.2. The van der Waals surface area contributed by atoms with E-state index in [-0.39, 0.29) is 17.9 Å². The minimum atomic E-state index is -0.0718. The molecule has 1 aliphatic rings. The maximum Gasteiger partial charge on any atom is 0.222 e. The zero-order valence-corrected chi connectivity index (χ0v) is 21.8. The van der Waals surface area contributed by atoms with Gasteiger partial charge in [-0.05, 0) is 32.1 Å². The van der Waals surface area contributed by atoms with Gasteiger partial charge in [0.1, 0.15) is 0 Å². The van der Waals surface area contributed by atoms with E-state index in [4.69, 9.17) is 24.7 Å². The minimum Gasteiger partial charge on any atom is -0.379 e. The summed E-state index contributed by atoms with van der Waals surface area (Å²) in [5, 5.41) is 5.96. The molecular formula is C26H47N3O6. The number of amides is 2. The minimum absolute atomic E-state index is 0.0598. The molecule has 0 aromatic rings. The third-order valence-corrected chi connectivity index (χ3v) is 5.42. The summed E-state index contributed by atoms with van der Waals surface area (Å²) in [5.41, 5.74) is 5.32. The Morgan fingerprint density at radius 3 is 1.97 bits per heavy atom. The molecule has 1 aliphatic carbocycles. The lowest BCUT2D eigenvalue weighted by molar-refractivity contribution is -0.124. The Balaban J connectivity index is 1.88. The molecule has 0 aliphatic heterocycles. The monoisotopic (exact) mass is 497 g/mol. The van der Waals surface area contributed by atoms with Crippen LogP contribution in [0.4, 0.5) is 0 Å². The lowest BCUT2D eigenvalue weighted by Crippen LogP contribution is -2.37. The average Bonchev–Trinajstić information content (AvgIpc) is 2.84. The first-order chi connectivity index (χ1) is 17.0. The van der Waals surface area contributed by atoms with Gasteiger partial charge in [-0.1, -0.05) is 19.8 Å². The van der Waals surface area contributed by atoms with E-state index in [1.807, 2.05) is 0 Å². The van der Waals surface area contributed by atoms with E-state index in [2.05, 4.69) is 36.3 Å². The summed E-state index contributed by atoms with van der Waals surface area (Å²) in [7, 11) is 0. The van der Waals surface area contributed by atoms with Crippen molar-refractivity contribution < 1.29 is 28.5 Å². The molecule has 1 saturated carbocycles. The van der Waals surface area contributed by atoms with Gasteiger partial charge in [-0.25, -0.2) is 0 Å². The summed E-state index contributed by atoms with van der Waals surface area (Å²) < 4.78 is 21.3. The maximum atomic E-state index is 12.2. The zero-order chi connectivity index (χ0) is 25.6. The fraction of sp³-hybridized carbons (Fsp3) is 0.846. The molecule has 9 nitrogen and oxygen atoms in total. The van der Waals surface area contributed by atoms with Gasteiger partial charge >= 0.3 is 0 Å². The van der Waals surface area contributed by atoms with Crippen molar-refractivity contribution in [3.05, 3.63) is 0 Å². The lowest BCUT2D eigenvalue weighted by atomic mass is 9.86. The van der Waals surface area contributed by atoms with Crippen LogP contribution >= 0.6 is 0 Å². The van der Waals surface area contributed by atoms with Crippen molar-refractivity contribution in [2.24, 2.45) is 17.6 Å². The van der Waals surface area contributed by atoms with Crippen molar-refractivity contribution in [2.45, 2.75) is 64.8 Å². The normalized spacial score (nSPS) is 17.6. The van der Waals surface area contributed by atoms with Crippen molar-refractivity contribution in [1.82, 2.24) is 10.6 Å². The molecule has 0 atom stereocenters. The van der Waals surface area contributed by atoms with Gasteiger partial charge in [-0.15, -0.1) is 5.92 Å². The van der Waals surface area contributed by atoms with Gasteiger partial charge in [0.2, 0.25) is 11.8 Å². The van der Waals surface area contributed by atoms with Crippen LogP contribution in [0.2, 0.25) is 0 Å². The first kappa shape index (κ1) is 31.3. The van der Waals surface area contributed by atoms with Crippen LogP contribution in [-0.2, 0) is 28.5 Å². The topological polar surface area (TPSA) is 121 Å². The quantitative estimate of drug-likeness (QED) is 0.183. The van der Waals surface area contributed by atoms with Gasteiger partial charge in [-0.2, -0.15) is 0 Å². The average molecular weight is 498 g/mol. The second kappa shape index (κ2) is 21.6. The van der Waals surface area contributed by atoms with Crippen molar-refractivity contribution in [3.63, 3.8) is 0 Å². The van der Waals surface area contributed by atoms with Crippen molar-refractivity contribution in [1.29, 1.82) is 0 Å². The number of ether oxygens (including phenoxy) is 4. The molecule has 0 unspecified atom stereocenters. The second-order valence-corrected chi connectivity index (χ2v) is 9.00. The highest BCUT2D eigenvalue weighted by Gasteiger charge is 2.21. The summed E-state index contributed by atoms with van der Waals surface area (Å²) in [4.78, 5) is 24.0. The van der Waals surface area contributed by atoms with Crippen molar-refractivity contribution >= 4 is 11.8 Å². The summed E-state index contributed by atoms with van der Waals surface area (Å²) in [5.74, 6) is 7.48. The van der Waals surface area contributed by atoms with E-state index in [1.165, 1.54) is 0 Å². The number of nitrogens with two attached hydrogens (primary N) is 1. The molecule has 9 heteroatoms. The SMILES string of the molecule is CC(C)C#CC1CCC(NC(=O)CCCNC(=O)CCOCCOCCOCCOCCN)CC1. The van der Waals surface area contributed by atoms with Crippen LogP contribution < -0.4 is 16.4 Å². The Morgan fingerprint density at radius 2 is 1.40 bits per heavy atom. The molecule has 0 radical (unpaired) electrons. The van der Waals surface area contributed by atoms with Crippen LogP contribution in [-0.4, -0.2) is 83.8 Å². The predicted molar refractivity (Wildman–Crippen MR) is 136 cm³/mol. The van der Waals surface area contributed by atoms with E-state index < -0.39 is 0 Å². The molecule has 1 rings (SSSR count). The predicted octanol–water partition coefficient (Wildman–Crippen LogP) is 1.63. The van der Waals surface area contributed by atoms with Crippen LogP contribution in [0, 0.1) is 23.7 Å². The number of carbonyl (C=O) groups is 2. The maximum absolute atomic E-state index is 12.2. The molecule has 2 amide bonds. The Bertz CT molecular complexity index is 612. The Kier molecular flexibility index (Phi) is 19.3. The van der Waals surface area contributed by atoms with Crippen molar-refractivity contribution in [2.75, 3.05) is 65.9 Å². The largest absolute Gasteiger partial charge is 0.379 e. The standard InChI is InChI=1S/C26H47N3O6/c1-22(2)5-6-23-7-9-24(10-8-23)29-26(31)4-3-13-28-25(30)11-14-32-16-18-34-20-21-35-19-17-33-15-12-27/h22-24H,3-4,7-21,27H2,1-2H3,(H,28,30)(H,29,31). The molecule has 0 bridgehead atoms. The molecule has 0 spiro atoms. The second-order valence-electron chi connectivity index (χ2n) is 9.00. The fourth-order valence-electron chi connectivity index (χ4n) is 3.54. The van der Waals surface area contributed by atoms with Crippen LogP contribution in [0.5, 0.6) is 0 Å². The molecule has 202 valence electrons. The van der Waals surface area contributed by atoms with Gasteiger partial charge in [0.15, 0.2) is 0 Å². The van der Waals surface area contributed by atoms with Crippen LogP contribution in [0.3, 0.4) is 0 Å². The first-order valence-electron chi connectivity index (χ1n) is 13.1. The van der Waals surface area contributed by atoms with E-state index in [0.29, 0.717) is 97.0 Å². The van der Waals surface area contributed by atoms with Gasteiger partial charge in [0.25, 0.3) is 0 Å². The van der Waals surface area contributed by atoms with Gasteiger partial charge in [-0.3, -0.25) is 9.59 Å². The number of hydrogen-bond donors (Lipinski definition) is 3. The molecule has 1 fully saturated rings. The smallest absolute Gasteiger partial charge is 0.222 e. The van der Waals surface area contributed by atoms with Crippen LogP contribution in [0.15, 0.2) is 0 Å². The van der Waals surface area contributed by atoms with Gasteiger partial charge in [0, 0.05) is 43.8 Å². The van der Waals surface area contributed by atoms with Gasteiger partial charge in [0.05, 0.1) is 52.9 Å². The Hall–Kier alpha value is -1.70. The molecule has 35 heavy (non-hydrogen) atoms. The summed E-state index contributed by atoms with van der Waals surface area (Å²) in [6.45, 7) is 9.04. The lowest BCUT2D eigenvalue weighted by Gasteiger charge is -2.26. The van der Waals surface area contributed by atoms with Crippen molar-refractivity contribution in [3.8, 4) is 11.8 Å². The number of carbonyl (C=O) groups excluding carboxylic acids is 2. The Morgan fingerprint density at radius 1 is 0.829 bits per heavy atom. The fourth-order valence-corrected chi connectivity index (χ4v) is 3.54. The van der Waals surface area contributed by atoms with Crippen LogP contribution in [0.1, 0.15) is 58.8 Å². The van der Waals surface area contributed by atoms with Crippen LogP contribution in [0.25, 0.3) is 0 Å². The van der Waals surface area contributed by atoms with Gasteiger partial charge < -0.3 is 35.3 Å². The Labute approximate surface area is 211 Å². The zero-order valence-electron chi connectivity index (χ0n) is 21.8. The number of nitrogens with one attached hydrogen (secondary N) is 2. The summed E-state index contributed by atoms with van der Waals surface area (Å²) in [6.07, 6.45) is 5.42. The highest BCUT2D eigenvalue weighted by Crippen LogP contribution is 2.23. The molecule has 0 heterocycles. The number of rotatable bonds is 19. The molecule has 0 aromatic heterocycles. The third-order valence-electron chi connectivity index (χ3n) is 5.42. The molecular weight excluding hydrogens is 450 g/mol. The van der Waals surface area contributed by atoms with E-state index in [9.17, 15) is 9.59 Å². The highest BCUT2D eigenvalue weighted by atomic mass is 16.6. The molecule has 0 aromatic carbocycles.